The molecule has 2 atom stereocenters. The second kappa shape index (κ2) is 9.54. The van der Waals surface area contributed by atoms with Crippen LogP contribution in [-0.4, -0.2) is 27.4 Å². The molecule has 0 bridgehead atoms. The number of ether oxygens (including phenoxy) is 1. The van der Waals surface area contributed by atoms with E-state index >= 15 is 0 Å². The van der Waals surface area contributed by atoms with Crippen molar-refractivity contribution >= 4 is 16.9 Å². The Bertz CT molecular complexity index is 1560. The molecule has 3 aromatic carbocycles. The van der Waals surface area contributed by atoms with Gasteiger partial charge in [-0.2, -0.15) is 0 Å². The predicted molar refractivity (Wildman–Crippen MR) is 151 cm³/mol. The number of para-hydroxylation sites is 1. The van der Waals surface area contributed by atoms with Gasteiger partial charge < -0.3 is 25.3 Å². The van der Waals surface area contributed by atoms with Crippen molar-refractivity contribution < 1.29 is 19.7 Å². The Balaban J connectivity index is 1.24. The van der Waals surface area contributed by atoms with E-state index in [0.717, 1.165) is 45.2 Å². The third-order valence-corrected chi connectivity index (χ3v) is 9.37. The number of nitrogens with zero attached hydrogens (tertiary/aromatic N) is 1. The van der Waals surface area contributed by atoms with Gasteiger partial charge in [0.1, 0.15) is 12.4 Å². The number of hydrogen-bond acceptors (Lipinski definition) is 4. The van der Waals surface area contributed by atoms with Gasteiger partial charge in [0.25, 0.3) is 0 Å². The Hall–Kier alpha value is -3.61. The predicted octanol–water partition coefficient (Wildman–Crippen LogP) is 6.43. The number of nitrogens with two attached hydrogens (primary N) is 1. The van der Waals surface area contributed by atoms with Gasteiger partial charge in [0.05, 0.1) is 29.8 Å². The molecule has 2 aliphatic carbocycles. The third kappa shape index (κ3) is 4.32. The Morgan fingerprint density at radius 1 is 1.03 bits per heavy atom. The Kier molecular flexibility index (Phi) is 5.98. The van der Waals surface area contributed by atoms with Crippen molar-refractivity contribution in [1.29, 1.82) is 0 Å². The maximum atomic E-state index is 11.9. The van der Waals surface area contributed by atoms with Crippen molar-refractivity contribution in [2.75, 3.05) is 6.61 Å². The fourth-order valence-corrected chi connectivity index (χ4v) is 6.80. The first-order valence-electron chi connectivity index (χ1n) is 14.1. The highest BCUT2D eigenvalue weighted by molar-refractivity contribution is 6.02. The molecule has 6 heteroatoms. The normalized spacial score (nSPS) is 23.1. The van der Waals surface area contributed by atoms with Crippen molar-refractivity contribution in [2.24, 2.45) is 17.6 Å². The second-order valence-corrected chi connectivity index (χ2v) is 11.7. The molecule has 0 saturated heterocycles. The first kappa shape index (κ1) is 24.4. The Morgan fingerprint density at radius 2 is 1.87 bits per heavy atom. The molecule has 0 spiro atoms. The number of carbonyl (C=O) groups is 1. The molecule has 7 rings (SSSR count). The Labute approximate surface area is 228 Å². The standard InChI is InChI=1S/C33H34N2O4/c34-29-18-39-31-8-7-21(16-28(29)31)23-13-25(24-11-22(12-24)19-3-1-4-19)15-26(14-23)30(36)17-35-10-9-20-5-2-6-27(32(20)35)33(37)38/h2,5-10,13-16,19,22,24,29-30,36H,1,3-4,11-12,17-18,34H2,(H,37,38)/t22?,24?,29-,30-/m1/s1. The van der Waals surface area contributed by atoms with Gasteiger partial charge >= 0.3 is 5.97 Å². The molecule has 4 N–H and O–H groups in total. The number of fused-ring (bicyclic) bond motifs is 2. The van der Waals surface area contributed by atoms with E-state index in [4.69, 9.17) is 10.5 Å². The minimum atomic E-state index is -0.968. The molecule has 200 valence electrons. The number of aliphatic hydroxyl groups is 1. The van der Waals surface area contributed by atoms with E-state index < -0.39 is 12.1 Å². The average Bonchev–Trinajstić information content (AvgIpc) is 3.47. The summed E-state index contributed by atoms with van der Waals surface area (Å²) in [5.41, 5.74) is 12.5. The minimum Gasteiger partial charge on any atom is -0.491 e. The van der Waals surface area contributed by atoms with Gasteiger partial charge in [-0.1, -0.05) is 49.6 Å². The number of aliphatic hydroxyl groups excluding tert-OH is 1. The summed E-state index contributed by atoms with van der Waals surface area (Å²) in [5.74, 6) is 2.12. The zero-order valence-electron chi connectivity index (χ0n) is 21.9. The summed E-state index contributed by atoms with van der Waals surface area (Å²) in [6, 6.07) is 19.8. The van der Waals surface area contributed by atoms with Crippen molar-refractivity contribution in [3.8, 4) is 16.9 Å². The topological polar surface area (TPSA) is 97.7 Å². The molecule has 1 aliphatic heterocycles. The molecule has 2 fully saturated rings. The molecular weight excluding hydrogens is 488 g/mol. The summed E-state index contributed by atoms with van der Waals surface area (Å²) in [6.45, 7) is 0.769. The van der Waals surface area contributed by atoms with Crippen molar-refractivity contribution in [1.82, 2.24) is 4.57 Å². The average molecular weight is 523 g/mol. The van der Waals surface area contributed by atoms with Gasteiger partial charge in [0.15, 0.2) is 0 Å². The number of carboxylic acids is 1. The highest BCUT2D eigenvalue weighted by Crippen LogP contribution is 2.51. The molecule has 0 unspecified atom stereocenters. The lowest BCUT2D eigenvalue weighted by atomic mass is 9.61. The Morgan fingerprint density at radius 3 is 2.64 bits per heavy atom. The molecular formula is C33H34N2O4. The molecule has 6 nitrogen and oxygen atoms in total. The summed E-state index contributed by atoms with van der Waals surface area (Å²) < 4.78 is 7.57. The third-order valence-electron chi connectivity index (χ3n) is 9.37. The van der Waals surface area contributed by atoms with Gasteiger partial charge in [-0.3, -0.25) is 0 Å². The van der Waals surface area contributed by atoms with Crippen LogP contribution in [0.3, 0.4) is 0 Å². The molecule has 0 amide bonds. The fraction of sp³-hybridized carbons (Fsp3) is 0.364. The number of rotatable bonds is 7. The quantitative estimate of drug-likeness (QED) is 0.260. The van der Waals surface area contributed by atoms with Gasteiger partial charge in [-0.15, -0.1) is 0 Å². The van der Waals surface area contributed by atoms with Crippen molar-refractivity contribution in [2.45, 2.75) is 56.7 Å². The maximum Gasteiger partial charge on any atom is 0.337 e. The van der Waals surface area contributed by atoms with Crippen LogP contribution in [0.25, 0.3) is 22.0 Å². The van der Waals surface area contributed by atoms with Gasteiger partial charge in [0.2, 0.25) is 0 Å². The number of carboxylic acid groups (broad SMARTS) is 1. The van der Waals surface area contributed by atoms with E-state index in [1.165, 1.54) is 37.7 Å². The number of benzene rings is 3. The van der Waals surface area contributed by atoms with Crippen LogP contribution in [0.5, 0.6) is 5.75 Å². The summed E-state index contributed by atoms with van der Waals surface area (Å²) in [7, 11) is 0. The maximum absolute atomic E-state index is 11.9. The van der Waals surface area contributed by atoms with Crippen LogP contribution in [0.15, 0.2) is 66.9 Å². The van der Waals surface area contributed by atoms with Crippen LogP contribution in [-0.2, 0) is 6.54 Å². The van der Waals surface area contributed by atoms with Crippen LogP contribution in [0, 0.1) is 11.8 Å². The van der Waals surface area contributed by atoms with Gasteiger partial charge in [0, 0.05) is 17.1 Å². The van der Waals surface area contributed by atoms with E-state index in [1.807, 2.05) is 29.0 Å². The minimum absolute atomic E-state index is 0.131. The van der Waals surface area contributed by atoms with Crippen molar-refractivity contribution in [3.05, 3.63) is 89.1 Å². The first-order chi connectivity index (χ1) is 18.9. The zero-order valence-corrected chi connectivity index (χ0v) is 21.9. The van der Waals surface area contributed by atoms with Crippen molar-refractivity contribution in [3.63, 3.8) is 0 Å². The fourth-order valence-electron chi connectivity index (χ4n) is 6.80. The molecule has 0 radical (unpaired) electrons. The highest BCUT2D eigenvalue weighted by atomic mass is 16.5. The SMILES string of the molecule is N[C@@H]1COc2ccc(-c3cc(C4CC(C5CCC5)C4)cc([C@H](O)Cn4ccc5cccc(C(=O)O)c54)c3)cc21. The van der Waals surface area contributed by atoms with E-state index in [9.17, 15) is 15.0 Å². The number of aromatic nitrogens is 1. The van der Waals surface area contributed by atoms with E-state index in [-0.39, 0.29) is 18.2 Å². The van der Waals surface area contributed by atoms with Gasteiger partial charge in [-0.25, -0.2) is 4.79 Å². The lowest BCUT2D eigenvalue weighted by molar-refractivity contribution is 0.0698. The monoisotopic (exact) mass is 522 g/mol. The van der Waals surface area contributed by atoms with E-state index in [2.05, 4.69) is 30.3 Å². The molecule has 2 saturated carbocycles. The van der Waals surface area contributed by atoms with Crippen LogP contribution in [0.2, 0.25) is 0 Å². The molecule has 39 heavy (non-hydrogen) atoms. The van der Waals surface area contributed by atoms with E-state index in [1.54, 1.807) is 12.1 Å². The molecule has 2 heterocycles. The molecule has 4 aromatic rings. The summed E-state index contributed by atoms with van der Waals surface area (Å²) in [6.07, 6.45) is 7.64. The zero-order chi connectivity index (χ0) is 26.7. The highest BCUT2D eigenvalue weighted by Gasteiger charge is 2.38. The van der Waals surface area contributed by atoms with Crippen LogP contribution in [0.4, 0.5) is 0 Å². The lowest BCUT2D eigenvalue weighted by Crippen LogP contribution is -2.32. The summed E-state index contributed by atoms with van der Waals surface area (Å²) in [5, 5.41) is 22.1. The summed E-state index contributed by atoms with van der Waals surface area (Å²) in [4.78, 5) is 11.9. The number of aromatic carboxylic acids is 1. The smallest absolute Gasteiger partial charge is 0.337 e. The number of hydrogen-bond donors (Lipinski definition) is 3. The largest absolute Gasteiger partial charge is 0.491 e. The second-order valence-electron chi connectivity index (χ2n) is 11.7. The van der Waals surface area contributed by atoms with Crippen LogP contribution < -0.4 is 10.5 Å². The van der Waals surface area contributed by atoms with Crippen LogP contribution in [0.1, 0.15) is 77.2 Å². The van der Waals surface area contributed by atoms with Gasteiger partial charge in [-0.05, 0) is 83.2 Å². The van der Waals surface area contributed by atoms with Crippen LogP contribution >= 0.6 is 0 Å². The first-order valence-corrected chi connectivity index (χ1v) is 14.1. The lowest BCUT2D eigenvalue weighted by Gasteiger charge is -2.44. The molecule has 3 aliphatic rings. The summed E-state index contributed by atoms with van der Waals surface area (Å²) >= 11 is 0. The van der Waals surface area contributed by atoms with E-state index in [0.29, 0.717) is 18.0 Å². The molecule has 1 aromatic heterocycles.